The fraction of sp³-hybridized carbons (Fsp3) is 0.250. The number of likely N-dealkylation sites (tertiary alicyclic amines) is 1. The van der Waals surface area contributed by atoms with Gasteiger partial charge in [0.1, 0.15) is 11.6 Å². The van der Waals surface area contributed by atoms with E-state index >= 15 is 0 Å². The fourth-order valence-corrected chi connectivity index (χ4v) is 3.04. The van der Waals surface area contributed by atoms with Crippen LogP contribution >= 0.6 is 0 Å². The summed E-state index contributed by atoms with van der Waals surface area (Å²) in [5.74, 6) is -2.63. The van der Waals surface area contributed by atoms with Crippen molar-refractivity contribution >= 4 is 23.5 Å². The number of hydrogen-bond acceptors (Lipinski definition) is 4. The number of aromatic carboxylic acids is 1. The minimum atomic E-state index is -1.26. The molecule has 1 atom stereocenters. The zero-order chi connectivity index (χ0) is 20.3. The first kappa shape index (κ1) is 19.3. The third-order valence-corrected chi connectivity index (χ3v) is 4.59. The highest BCUT2D eigenvalue weighted by atomic mass is 19.1. The van der Waals surface area contributed by atoms with Gasteiger partial charge in [0.2, 0.25) is 11.8 Å². The number of anilines is 1. The third-order valence-electron chi connectivity index (χ3n) is 4.59. The molecule has 3 rings (SSSR count). The molecular formula is C20H19FN2O5. The summed E-state index contributed by atoms with van der Waals surface area (Å²) in [4.78, 5) is 37.1. The summed E-state index contributed by atoms with van der Waals surface area (Å²) < 4.78 is 19.1. The van der Waals surface area contributed by atoms with E-state index in [-0.39, 0.29) is 30.1 Å². The molecule has 146 valence electrons. The third kappa shape index (κ3) is 4.28. The first-order valence-corrected chi connectivity index (χ1v) is 8.62. The number of benzene rings is 2. The number of nitrogens with one attached hydrogen (secondary N) is 1. The van der Waals surface area contributed by atoms with Gasteiger partial charge in [-0.2, -0.15) is 0 Å². The molecule has 1 aliphatic rings. The summed E-state index contributed by atoms with van der Waals surface area (Å²) in [6.07, 6.45) is 0.0385. The van der Waals surface area contributed by atoms with E-state index in [0.29, 0.717) is 12.3 Å². The predicted octanol–water partition coefficient (Wildman–Crippen LogP) is 2.52. The molecule has 0 spiro atoms. The number of hydrogen-bond donors (Lipinski definition) is 2. The lowest BCUT2D eigenvalue weighted by molar-refractivity contribution is -0.128. The smallest absolute Gasteiger partial charge is 0.335 e. The van der Waals surface area contributed by atoms with Crippen LogP contribution in [0, 0.1) is 11.7 Å². The average Bonchev–Trinajstić information content (AvgIpc) is 3.04. The van der Waals surface area contributed by atoms with Crippen LogP contribution in [0.25, 0.3) is 0 Å². The topological polar surface area (TPSA) is 95.9 Å². The molecule has 0 bridgehead atoms. The molecule has 0 aliphatic carbocycles. The molecule has 8 heteroatoms. The minimum Gasteiger partial charge on any atom is -0.497 e. The Morgan fingerprint density at radius 1 is 1.25 bits per heavy atom. The highest BCUT2D eigenvalue weighted by molar-refractivity contribution is 5.97. The predicted molar refractivity (Wildman–Crippen MR) is 98.5 cm³/mol. The number of amides is 2. The first-order valence-electron chi connectivity index (χ1n) is 8.62. The Bertz CT molecular complexity index is 913. The Kier molecular flexibility index (Phi) is 5.58. The molecule has 7 nitrogen and oxygen atoms in total. The number of carboxylic acids is 1. The summed E-state index contributed by atoms with van der Waals surface area (Å²) >= 11 is 0. The monoisotopic (exact) mass is 386 g/mol. The van der Waals surface area contributed by atoms with Crippen LogP contribution in [0.1, 0.15) is 22.3 Å². The second-order valence-electron chi connectivity index (χ2n) is 6.51. The van der Waals surface area contributed by atoms with Crippen LogP contribution in [-0.4, -0.2) is 41.4 Å². The van der Waals surface area contributed by atoms with E-state index in [1.54, 1.807) is 24.1 Å². The van der Waals surface area contributed by atoms with Crippen LogP contribution in [0.4, 0.5) is 10.1 Å². The maximum absolute atomic E-state index is 14.0. The van der Waals surface area contributed by atoms with Crippen LogP contribution in [0.3, 0.4) is 0 Å². The lowest BCUT2D eigenvalue weighted by Gasteiger charge is -2.17. The van der Waals surface area contributed by atoms with Crippen molar-refractivity contribution in [1.82, 2.24) is 4.90 Å². The quantitative estimate of drug-likeness (QED) is 0.795. The summed E-state index contributed by atoms with van der Waals surface area (Å²) in [6, 6.07) is 10.5. The van der Waals surface area contributed by atoms with Crippen LogP contribution in [0.2, 0.25) is 0 Å². The molecule has 0 saturated carbocycles. The van der Waals surface area contributed by atoms with Gasteiger partial charge >= 0.3 is 5.97 Å². The number of nitrogens with zero attached hydrogens (tertiary/aromatic N) is 1. The van der Waals surface area contributed by atoms with Crippen molar-refractivity contribution < 1.29 is 28.6 Å². The molecule has 0 radical (unpaired) electrons. The Labute approximate surface area is 160 Å². The van der Waals surface area contributed by atoms with Gasteiger partial charge in [0.25, 0.3) is 0 Å². The summed E-state index contributed by atoms with van der Waals surface area (Å²) in [7, 11) is 1.57. The highest BCUT2D eigenvalue weighted by Gasteiger charge is 2.34. The highest BCUT2D eigenvalue weighted by Crippen LogP contribution is 2.24. The van der Waals surface area contributed by atoms with Gasteiger partial charge in [0.15, 0.2) is 0 Å². The van der Waals surface area contributed by atoms with E-state index in [4.69, 9.17) is 9.84 Å². The Balaban J connectivity index is 1.62. The van der Waals surface area contributed by atoms with E-state index in [2.05, 4.69) is 5.32 Å². The molecule has 2 aromatic carbocycles. The number of carbonyl (C=O) groups excluding carboxylic acids is 2. The number of carboxylic acid groups (broad SMARTS) is 1. The van der Waals surface area contributed by atoms with Crippen LogP contribution in [-0.2, 0) is 16.1 Å². The Morgan fingerprint density at radius 2 is 1.96 bits per heavy atom. The number of ether oxygens (including phenoxy) is 1. The maximum atomic E-state index is 14.0. The van der Waals surface area contributed by atoms with E-state index in [1.165, 1.54) is 12.1 Å². The lowest BCUT2D eigenvalue weighted by atomic mass is 10.1. The van der Waals surface area contributed by atoms with E-state index in [9.17, 15) is 18.8 Å². The van der Waals surface area contributed by atoms with Gasteiger partial charge in [-0.25, -0.2) is 9.18 Å². The fourth-order valence-electron chi connectivity index (χ4n) is 3.04. The number of methoxy groups -OCH3 is 1. The molecule has 1 unspecified atom stereocenters. The van der Waals surface area contributed by atoms with Gasteiger partial charge in [-0.1, -0.05) is 12.1 Å². The van der Waals surface area contributed by atoms with Gasteiger partial charge < -0.3 is 20.1 Å². The van der Waals surface area contributed by atoms with Gasteiger partial charge in [-0.05, 0) is 35.9 Å². The molecular weight excluding hydrogens is 367 g/mol. The van der Waals surface area contributed by atoms with Gasteiger partial charge in [-0.3, -0.25) is 9.59 Å². The van der Waals surface area contributed by atoms with Crippen molar-refractivity contribution in [2.24, 2.45) is 5.92 Å². The Morgan fingerprint density at radius 3 is 2.57 bits per heavy atom. The van der Waals surface area contributed by atoms with Crippen LogP contribution in [0.15, 0.2) is 42.5 Å². The number of carbonyl (C=O) groups is 3. The maximum Gasteiger partial charge on any atom is 0.335 e. The molecule has 2 aromatic rings. The number of rotatable bonds is 6. The molecule has 0 aromatic heterocycles. The van der Waals surface area contributed by atoms with E-state index in [0.717, 1.165) is 11.6 Å². The number of halogens is 1. The van der Waals surface area contributed by atoms with E-state index in [1.807, 2.05) is 12.1 Å². The Hall–Kier alpha value is -3.42. The van der Waals surface area contributed by atoms with Crippen molar-refractivity contribution in [2.45, 2.75) is 13.0 Å². The second-order valence-corrected chi connectivity index (χ2v) is 6.51. The first-order chi connectivity index (χ1) is 13.4. The van der Waals surface area contributed by atoms with Crippen molar-refractivity contribution in [3.8, 4) is 5.75 Å². The molecule has 28 heavy (non-hydrogen) atoms. The van der Waals surface area contributed by atoms with Crippen molar-refractivity contribution in [1.29, 1.82) is 0 Å². The van der Waals surface area contributed by atoms with Crippen molar-refractivity contribution in [2.75, 3.05) is 19.0 Å². The minimum absolute atomic E-state index is 0.0385. The van der Waals surface area contributed by atoms with Gasteiger partial charge in [-0.15, -0.1) is 0 Å². The van der Waals surface area contributed by atoms with Crippen molar-refractivity contribution in [3.63, 3.8) is 0 Å². The zero-order valence-electron chi connectivity index (χ0n) is 15.1. The molecule has 2 amide bonds. The average molecular weight is 386 g/mol. The van der Waals surface area contributed by atoms with Gasteiger partial charge in [0, 0.05) is 19.5 Å². The van der Waals surface area contributed by atoms with E-state index < -0.39 is 23.6 Å². The molecule has 1 saturated heterocycles. The van der Waals surface area contributed by atoms with Crippen LogP contribution < -0.4 is 10.1 Å². The molecule has 1 aliphatic heterocycles. The standard InChI is InChI=1S/C20H19FN2O5/c1-28-15-5-2-12(3-6-15)10-23-11-14(9-18(23)24)19(25)22-17-7-4-13(20(26)27)8-16(17)21/h2-8,14H,9-11H2,1H3,(H,22,25)(H,26,27). The second kappa shape index (κ2) is 8.08. The van der Waals surface area contributed by atoms with Crippen LogP contribution in [0.5, 0.6) is 5.75 Å². The lowest BCUT2D eigenvalue weighted by Crippen LogP contribution is -2.28. The summed E-state index contributed by atoms with van der Waals surface area (Å²) in [6.45, 7) is 0.597. The molecule has 1 fully saturated rings. The largest absolute Gasteiger partial charge is 0.497 e. The zero-order valence-corrected chi connectivity index (χ0v) is 15.1. The van der Waals surface area contributed by atoms with Crippen molar-refractivity contribution in [3.05, 3.63) is 59.4 Å². The molecule has 2 N–H and O–H groups in total. The summed E-state index contributed by atoms with van der Waals surface area (Å²) in [5.41, 5.74) is 0.582. The molecule has 1 heterocycles. The van der Waals surface area contributed by atoms with Gasteiger partial charge in [0.05, 0.1) is 24.3 Å². The summed E-state index contributed by atoms with van der Waals surface area (Å²) in [5, 5.41) is 11.3. The normalized spacial score (nSPS) is 16.1. The SMILES string of the molecule is COc1ccc(CN2CC(C(=O)Nc3ccc(C(=O)O)cc3F)CC2=O)cc1.